The summed E-state index contributed by atoms with van der Waals surface area (Å²) in [6.45, 7) is 0. The van der Waals surface area contributed by atoms with E-state index in [2.05, 4.69) is 15.5 Å². The van der Waals surface area contributed by atoms with Crippen LogP contribution in [0.1, 0.15) is 0 Å². The number of carbonyl (C=O) groups excluding carboxylic acids is 1. The molecule has 0 unspecified atom stereocenters. The molecule has 3 aromatic rings. The Morgan fingerprint density at radius 2 is 1.77 bits per heavy atom. The summed E-state index contributed by atoms with van der Waals surface area (Å²) < 4.78 is 21.6. The molecule has 0 saturated heterocycles. The Bertz CT molecular complexity index is 1040. The summed E-state index contributed by atoms with van der Waals surface area (Å²) in [4.78, 5) is 12.2. The summed E-state index contributed by atoms with van der Waals surface area (Å²) in [6.07, 6.45) is 0. The molecule has 1 N–H and O–H groups in total. The summed E-state index contributed by atoms with van der Waals surface area (Å²) in [5.74, 6) is 1.36. The first-order valence-corrected chi connectivity index (χ1v) is 10.2. The number of benzene rings is 2. The third-order valence-electron chi connectivity index (χ3n) is 3.85. The van der Waals surface area contributed by atoms with Gasteiger partial charge in [0.25, 0.3) is 5.22 Å². The molecule has 11 heteroatoms. The summed E-state index contributed by atoms with van der Waals surface area (Å²) in [5.41, 5.74) is 1.01. The van der Waals surface area contributed by atoms with E-state index in [-0.39, 0.29) is 22.8 Å². The monoisotopic (exact) mass is 469 g/mol. The van der Waals surface area contributed by atoms with Gasteiger partial charge in [0.15, 0.2) is 11.5 Å². The maximum absolute atomic E-state index is 12.2. The van der Waals surface area contributed by atoms with Gasteiger partial charge in [-0.15, -0.1) is 10.2 Å². The SMILES string of the molecule is COc1cc(-c2nnc(SCC(=O)Nc3cc(Cl)ccc3Cl)o2)cc(OC)c1OC. The van der Waals surface area contributed by atoms with Crippen molar-refractivity contribution in [1.29, 1.82) is 0 Å². The van der Waals surface area contributed by atoms with Crippen LogP contribution in [-0.2, 0) is 4.79 Å². The molecule has 0 radical (unpaired) electrons. The third-order valence-corrected chi connectivity index (χ3v) is 5.23. The highest BCUT2D eigenvalue weighted by atomic mass is 35.5. The van der Waals surface area contributed by atoms with Crippen LogP contribution < -0.4 is 19.5 Å². The zero-order chi connectivity index (χ0) is 21.7. The van der Waals surface area contributed by atoms with Crippen molar-refractivity contribution in [2.75, 3.05) is 32.4 Å². The molecule has 3 rings (SSSR count). The number of nitrogens with zero attached hydrogens (tertiary/aromatic N) is 2. The van der Waals surface area contributed by atoms with Crippen LogP contribution in [0.15, 0.2) is 40.0 Å². The van der Waals surface area contributed by atoms with Crippen LogP contribution in [0.25, 0.3) is 11.5 Å². The quantitative estimate of drug-likeness (QED) is 0.469. The Morgan fingerprint density at radius 3 is 2.40 bits per heavy atom. The largest absolute Gasteiger partial charge is 0.493 e. The van der Waals surface area contributed by atoms with Gasteiger partial charge in [-0.05, 0) is 30.3 Å². The first kappa shape index (κ1) is 22.1. The number of aromatic nitrogens is 2. The smallest absolute Gasteiger partial charge is 0.277 e. The molecule has 0 bridgehead atoms. The fraction of sp³-hybridized carbons (Fsp3) is 0.211. The first-order valence-electron chi connectivity index (χ1n) is 8.46. The van der Waals surface area contributed by atoms with E-state index in [0.29, 0.717) is 38.5 Å². The zero-order valence-corrected chi connectivity index (χ0v) is 18.5. The maximum atomic E-state index is 12.2. The number of rotatable bonds is 8. The minimum Gasteiger partial charge on any atom is -0.493 e. The molecule has 0 atom stereocenters. The fourth-order valence-electron chi connectivity index (χ4n) is 2.50. The van der Waals surface area contributed by atoms with Crippen molar-refractivity contribution in [2.24, 2.45) is 0 Å². The lowest BCUT2D eigenvalue weighted by Gasteiger charge is -2.12. The summed E-state index contributed by atoms with van der Waals surface area (Å²) in [7, 11) is 4.55. The second-order valence-electron chi connectivity index (χ2n) is 5.75. The molecule has 0 saturated carbocycles. The molecular formula is C19H17Cl2N3O5S. The molecule has 30 heavy (non-hydrogen) atoms. The van der Waals surface area contributed by atoms with E-state index in [4.69, 9.17) is 41.8 Å². The van der Waals surface area contributed by atoms with Crippen LogP contribution in [0.5, 0.6) is 17.2 Å². The number of methoxy groups -OCH3 is 3. The summed E-state index contributed by atoms with van der Waals surface area (Å²) in [5, 5.41) is 11.8. The molecule has 1 aromatic heterocycles. The highest BCUT2D eigenvalue weighted by Crippen LogP contribution is 2.41. The van der Waals surface area contributed by atoms with Gasteiger partial charge in [-0.3, -0.25) is 4.79 Å². The standard InChI is InChI=1S/C19H17Cl2N3O5S/c1-26-14-6-10(7-15(27-2)17(14)28-3)18-23-24-19(29-18)30-9-16(25)22-13-8-11(20)4-5-12(13)21/h4-8H,9H2,1-3H3,(H,22,25). The van der Waals surface area contributed by atoms with Crippen LogP contribution >= 0.6 is 35.0 Å². The lowest BCUT2D eigenvalue weighted by Crippen LogP contribution is -2.14. The minimum atomic E-state index is -0.295. The van der Waals surface area contributed by atoms with Gasteiger partial charge in [-0.1, -0.05) is 35.0 Å². The van der Waals surface area contributed by atoms with E-state index < -0.39 is 0 Å². The lowest BCUT2D eigenvalue weighted by atomic mass is 10.2. The Kier molecular flexibility index (Phi) is 7.30. The van der Waals surface area contributed by atoms with Gasteiger partial charge in [0, 0.05) is 10.6 Å². The van der Waals surface area contributed by atoms with Gasteiger partial charge in [0.2, 0.25) is 17.5 Å². The van der Waals surface area contributed by atoms with Gasteiger partial charge in [-0.2, -0.15) is 0 Å². The van der Waals surface area contributed by atoms with Crippen molar-refractivity contribution in [2.45, 2.75) is 5.22 Å². The highest BCUT2D eigenvalue weighted by molar-refractivity contribution is 7.99. The molecule has 0 spiro atoms. The topological polar surface area (TPSA) is 95.7 Å². The van der Waals surface area contributed by atoms with Gasteiger partial charge < -0.3 is 23.9 Å². The van der Waals surface area contributed by atoms with Crippen LogP contribution in [0.3, 0.4) is 0 Å². The molecule has 1 heterocycles. The number of amides is 1. The Hall–Kier alpha value is -2.62. The summed E-state index contributed by atoms with van der Waals surface area (Å²) in [6, 6.07) is 8.20. The lowest BCUT2D eigenvalue weighted by molar-refractivity contribution is -0.113. The van der Waals surface area contributed by atoms with Crippen LogP contribution in [0.2, 0.25) is 10.0 Å². The van der Waals surface area contributed by atoms with E-state index in [9.17, 15) is 4.79 Å². The highest BCUT2D eigenvalue weighted by Gasteiger charge is 2.18. The number of carbonyl (C=O) groups is 1. The predicted molar refractivity (Wildman–Crippen MR) is 115 cm³/mol. The van der Waals surface area contributed by atoms with Crippen molar-refractivity contribution in [3.63, 3.8) is 0 Å². The number of halogens is 2. The molecule has 0 aliphatic carbocycles. The zero-order valence-electron chi connectivity index (χ0n) is 16.2. The van der Waals surface area contributed by atoms with E-state index in [0.717, 1.165) is 11.8 Å². The maximum Gasteiger partial charge on any atom is 0.277 e. The number of thioether (sulfide) groups is 1. The molecule has 8 nitrogen and oxygen atoms in total. The van der Waals surface area contributed by atoms with E-state index in [1.54, 1.807) is 30.3 Å². The van der Waals surface area contributed by atoms with Gasteiger partial charge >= 0.3 is 0 Å². The van der Waals surface area contributed by atoms with E-state index >= 15 is 0 Å². The normalized spacial score (nSPS) is 10.6. The predicted octanol–water partition coefficient (Wildman–Crippen LogP) is 4.80. The number of hydrogen-bond acceptors (Lipinski definition) is 8. The molecule has 158 valence electrons. The van der Waals surface area contributed by atoms with Crippen LogP contribution in [0.4, 0.5) is 5.69 Å². The molecule has 1 amide bonds. The van der Waals surface area contributed by atoms with Crippen molar-refractivity contribution in [3.8, 4) is 28.7 Å². The van der Waals surface area contributed by atoms with Crippen molar-refractivity contribution in [3.05, 3.63) is 40.4 Å². The molecule has 2 aromatic carbocycles. The van der Waals surface area contributed by atoms with E-state index in [1.807, 2.05) is 0 Å². The van der Waals surface area contributed by atoms with E-state index in [1.165, 1.54) is 21.3 Å². The Labute approximate surface area is 186 Å². The molecule has 0 fully saturated rings. The second kappa shape index (κ2) is 9.92. The van der Waals surface area contributed by atoms with Gasteiger partial charge in [0.1, 0.15) is 0 Å². The second-order valence-corrected chi connectivity index (χ2v) is 7.52. The van der Waals surface area contributed by atoms with Crippen molar-refractivity contribution < 1.29 is 23.4 Å². The minimum absolute atomic E-state index is 0.0414. The van der Waals surface area contributed by atoms with Crippen LogP contribution in [0, 0.1) is 0 Å². The average molecular weight is 470 g/mol. The average Bonchev–Trinajstić information content (AvgIpc) is 3.22. The van der Waals surface area contributed by atoms with Crippen molar-refractivity contribution in [1.82, 2.24) is 10.2 Å². The fourth-order valence-corrected chi connectivity index (χ4v) is 3.40. The Balaban J connectivity index is 1.69. The summed E-state index contributed by atoms with van der Waals surface area (Å²) >= 11 is 13.1. The van der Waals surface area contributed by atoms with Gasteiger partial charge in [-0.25, -0.2) is 0 Å². The molecule has 0 aliphatic rings. The molecule has 0 aliphatic heterocycles. The molecular weight excluding hydrogens is 453 g/mol. The van der Waals surface area contributed by atoms with Gasteiger partial charge in [0.05, 0.1) is 37.8 Å². The number of nitrogens with one attached hydrogen (secondary N) is 1. The third kappa shape index (κ3) is 5.10. The first-order chi connectivity index (χ1) is 14.4. The number of anilines is 1. The van der Waals surface area contributed by atoms with Crippen LogP contribution in [-0.4, -0.2) is 43.2 Å². The number of ether oxygens (including phenoxy) is 3. The van der Waals surface area contributed by atoms with Crippen molar-refractivity contribution >= 4 is 46.6 Å². The number of hydrogen-bond donors (Lipinski definition) is 1. The Morgan fingerprint density at radius 1 is 1.07 bits per heavy atom.